The summed E-state index contributed by atoms with van der Waals surface area (Å²) < 4.78 is 7.75. The number of rotatable bonds is 4. The van der Waals surface area contributed by atoms with Gasteiger partial charge in [-0.15, -0.1) is 5.48 Å². The van der Waals surface area contributed by atoms with Crippen molar-refractivity contribution in [2.45, 2.75) is 10.2 Å². The van der Waals surface area contributed by atoms with Gasteiger partial charge < -0.3 is 14.3 Å². The van der Waals surface area contributed by atoms with Crippen molar-refractivity contribution in [3.8, 4) is 5.75 Å². The maximum atomic E-state index is 11.5. The van der Waals surface area contributed by atoms with Crippen LogP contribution in [0.2, 0.25) is 0 Å². The molecule has 1 aromatic rings. The van der Waals surface area contributed by atoms with Gasteiger partial charge in [-0.25, -0.2) is 9.59 Å². The zero-order valence-corrected chi connectivity index (χ0v) is 13.2. The zero-order chi connectivity index (χ0) is 15.9. The van der Waals surface area contributed by atoms with Crippen LogP contribution in [-0.4, -0.2) is 29.6 Å². The highest BCUT2D eigenvalue weighted by Crippen LogP contribution is 2.25. The SMILES string of the molecule is COc1ccc(CC(=O)ONC(=O)OCC(Cl)(Cl)Cl)cc1. The number of alkyl halides is 3. The van der Waals surface area contributed by atoms with Gasteiger partial charge in [0, 0.05) is 0 Å². The maximum Gasteiger partial charge on any atom is 0.440 e. The first kappa shape index (κ1) is 17.7. The summed E-state index contributed by atoms with van der Waals surface area (Å²) in [6.07, 6.45) is -1.07. The third-order valence-corrected chi connectivity index (χ3v) is 2.45. The summed E-state index contributed by atoms with van der Waals surface area (Å²) in [5, 5.41) is 0. The summed E-state index contributed by atoms with van der Waals surface area (Å²) in [5.41, 5.74) is 2.48. The Morgan fingerprint density at radius 1 is 1.19 bits per heavy atom. The Morgan fingerprint density at radius 2 is 1.81 bits per heavy atom. The number of carbonyl (C=O) groups is 2. The Bertz CT molecular complexity index is 487. The number of amides is 1. The summed E-state index contributed by atoms with van der Waals surface area (Å²) in [6.45, 7) is -0.473. The van der Waals surface area contributed by atoms with Crippen molar-refractivity contribution in [3.63, 3.8) is 0 Å². The largest absolute Gasteiger partial charge is 0.497 e. The number of carbonyl (C=O) groups excluding carboxylic acids is 2. The number of benzene rings is 1. The van der Waals surface area contributed by atoms with Crippen LogP contribution in [0, 0.1) is 0 Å². The van der Waals surface area contributed by atoms with Crippen LogP contribution in [0.3, 0.4) is 0 Å². The molecular weight excluding hydrogens is 344 g/mol. The Labute approximate surface area is 136 Å². The lowest BCUT2D eigenvalue weighted by molar-refractivity contribution is -0.148. The fourth-order valence-electron chi connectivity index (χ4n) is 1.22. The van der Waals surface area contributed by atoms with E-state index < -0.39 is 22.5 Å². The molecule has 6 nitrogen and oxygen atoms in total. The van der Waals surface area contributed by atoms with Crippen LogP contribution in [0.5, 0.6) is 5.75 Å². The summed E-state index contributed by atoms with van der Waals surface area (Å²) in [6, 6.07) is 6.79. The standard InChI is InChI=1S/C12H12Cl3NO5/c1-19-9-4-2-8(3-5-9)6-10(17)21-16-11(18)20-7-12(13,14)15/h2-5H,6-7H2,1H3,(H,16,18). The van der Waals surface area contributed by atoms with Crippen molar-refractivity contribution in [2.75, 3.05) is 13.7 Å². The third-order valence-electron chi connectivity index (χ3n) is 2.12. The number of hydrogen-bond acceptors (Lipinski definition) is 5. The van der Waals surface area contributed by atoms with Gasteiger partial charge in [0.25, 0.3) is 0 Å². The molecule has 0 aliphatic rings. The second-order valence-corrected chi connectivity index (χ2v) is 6.31. The third kappa shape index (κ3) is 7.84. The summed E-state index contributed by atoms with van der Waals surface area (Å²) in [4.78, 5) is 27.1. The first-order chi connectivity index (χ1) is 9.80. The van der Waals surface area contributed by atoms with Gasteiger partial charge in [0.1, 0.15) is 12.4 Å². The molecule has 1 aromatic carbocycles. The van der Waals surface area contributed by atoms with E-state index in [0.29, 0.717) is 11.3 Å². The molecule has 0 saturated heterocycles. The van der Waals surface area contributed by atoms with E-state index in [1.165, 1.54) is 7.11 Å². The van der Waals surface area contributed by atoms with Gasteiger partial charge in [0.05, 0.1) is 13.5 Å². The van der Waals surface area contributed by atoms with Crippen molar-refractivity contribution in [3.05, 3.63) is 29.8 Å². The lowest BCUT2D eigenvalue weighted by atomic mass is 10.1. The molecule has 0 fully saturated rings. The van der Waals surface area contributed by atoms with Crippen LogP contribution in [0.4, 0.5) is 4.79 Å². The van der Waals surface area contributed by atoms with Crippen molar-refractivity contribution < 1.29 is 23.9 Å². The minimum absolute atomic E-state index is 0.0330. The van der Waals surface area contributed by atoms with Crippen LogP contribution in [-0.2, 0) is 20.8 Å². The molecule has 0 saturated carbocycles. The summed E-state index contributed by atoms with van der Waals surface area (Å²) in [7, 11) is 1.54. The molecule has 1 N–H and O–H groups in total. The van der Waals surface area contributed by atoms with Crippen molar-refractivity contribution in [2.24, 2.45) is 0 Å². The molecule has 0 aromatic heterocycles. The van der Waals surface area contributed by atoms with Crippen LogP contribution < -0.4 is 10.2 Å². The number of hydroxylamine groups is 1. The number of hydrogen-bond donors (Lipinski definition) is 1. The number of ether oxygens (including phenoxy) is 2. The smallest absolute Gasteiger partial charge is 0.440 e. The first-order valence-corrected chi connectivity index (χ1v) is 6.75. The van der Waals surface area contributed by atoms with Crippen molar-refractivity contribution >= 4 is 46.9 Å². The molecule has 0 bridgehead atoms. The number of halogens is 3. The minimum Gasteiger partial charge on any atom is -0.497 e. The Hall–Kier alpha value is -1.37. The molecule has 0 heterocycles. The molecule has 0 radical (unpaired) electrons. The highest BCUT2D eigenvalue weighted by Gasteiger charge is 2.22. The highest BCUT2D eigenvalue weighted by atomic mass is 35.6. The summed E-state index contributed by atoms with van der Waals surface area (Å²) in [5.74, 6) is -0.00784. The van der Waals surface area contributed by atoms with Gasteiger partial charge in [-0.2, -0.15) is 0 Å². The predicted molar refractivity (Wildman–Crippen MR) is 77.6 cm³/mol. The van der Waals surface area contributed by atoms with Crippen molar-refractivity contribution in [1.82, 2.24) is 5.48 Å². The van der Waals surface area contributed by atoms with Gasteiger partial charge in [-0.1, -0.05) is 46.9 Å². The Morgan fingerprint density at radius 3 is 2.33 bits per heavy atom. The average molecular weight is 357 g/mol. The summed E-state index contributed by atoms with van der Waals surface area (Å²) >= 11 is 16.1. The van der Waals surface area contributed by atoms with Crippen LogP contribution >= 0.6 is 34.8 Å². The van der Waals surface area contributed by atoms with E-state index in [2.05, 4.69) is 9.57 Å². The molecule has 0 unspecified atom stereocenters. The van der Waals surface area contributed by atoms with E-state index in [1.54, 1.807) is 29.7 Å². The van der Waals surface area contributed by atoms with E-state index in [1.807, 2.05) is 0 Å². The number of nitrogens with one attached hydrogen (secondary N) is 1. The van der Waals surface area contributed by atoms with Gasteiger partial charge in [-0.05, 0) is 17.7 Å². The molecule has 116 valence electrons. The van der Waals surface area contributed by atoms with Gasteiger partial charge in [0.2, 0.25) is 3.79 Å². The average Bonchev–Trinajstić information content (AvgIpc) is 2.43. The normalized spacial score (nSPS) is 10.7. The second kappa shape index (κ2) is 8.17. The fraction of sp³-hybridized carbons (Fsp3) is 0.333. The first-order valence-electron chi connectivity index (χ1n) is 5.62. The second-order valence-electron chi connectivity index (χ2n) is 3.79. The molecule has 1 rings (SSSR count). The van der Waals surface area contributed by atoms with Crippen LogP contribution in [0.1, 0.15) is 5.56 Å². The number of methoxy groups -OCH3 is 1. The molecule has 0 aliphatic carbocycles. The van der Waals surface area contributed by atoms with Crippen LogP contribution in [0.15, 0.2) is 24.3 Å². The molecule has 0 atom stereocenters. The lowest BCUT2D eigenvalue weighted by Crippen LogP contribution is -2.30. The molecule has 0 spiro atoms. The van der Waals surface area contributed by atoms with Gasteiger partial charge in [0.15, 0.2) is 0 Å². The fourth-order valence-corrected chi connectivity index (χ4v) is 1.39. The van der Waals surface area contributed by atoms with Gasteiger partial charge in [-0.3, -0.25) is 0 Å². The van der Waals surface area contributed by atoms with E-state index in [0.717, 1.165) is 0 Å². The lowest BCUT2D eigenvalue weighted by Gasteiger charge is -2.11. The van der Waals surface area contributed by atoms with Crippen LogP contribution in [0.25, 0.3) is 0 Å². The topological polar surface area (TPSA) is 73.9 Å². The predicted octanol–water partition coefficient (Wildman–Crippen LogP) is 2.79. The van der Waals surface area contributed by atoms with Crippen molar-refractivity contribution in [1.29, 1.82) is 0 Å². The monoisotopic (exact) mass is 355 g/mol. The molecular formula is C12H12Cl3NO5. The van der Waals surface area contributed by atoms with E-state index >= 15 is 0 Å². The molecule has 9 heteroatoms. The molecule has 1 amide bonds. The zero-order valence-electron chi connectivity index (χ0n) is 10.9. The Balaban J connectivity index is 2.31. The highest BCUT2D eigenvalue weighted by molar-refractivity contribution is 6.67. The Kier molecular flexibility index (Phi) is 6.87. The molecule has 21 heavy (non-hydrogen) atoms. The van der Waals surface area contributed by atoms with E-state index in [4.69, 9.17) is 39.5 Å². The minimum atomic E-state index is -1.73. The van der Waals surface area contributed by atoms with E-state index in [9.17, 15) is 9.59 Å². The maximum absolute atomic E-state index is 11.5. The quantitative estimate of drug-likeness (QED) is 0.663. The van der Waals surface area contributed by atoms with E-state index in [-0.39, 0.29) is 6.42 Å². The molecule has 0 aliphatic heterocycles. The van der Waals surface area contributed by atoms with Gasteiger partial charge >= 0.3 is 12.1 Å².